The molecular formula is C14H21BrN2O3S. The number of benzene rings is 1. The molecule has 0 aliphatic carbocycles. The van der Waals surface area contributed by atoms with Gasteiger partial charge in [-0.2, -0.15) is 4.31 Å². The summed E-state index contributed by atoms with van der Waals surface area (Å²) in [4.78, 5) is 0.268. The number of sulfonamides is 1. The average molecular weight is 377 g/mol. The van der Waals surface area contributed by atoms with Crippen molar-refractivity contribution in [2.24, 2.45) is 0 Å². The molecule has 0 saturated carbocycles. The monoisotopic (exact) mass is 376 g/mol. The first-order chi connectivity index (χ1) is 9.91. The van der Waals surface area contributed by atoms with Crippen LogP contribution >= 0.6 is 15.9 Å². The summed E-state index contributed by atoms with van der Waals surface area (Å²) < 4.78 is 33.0. The van der Waals surface area contributed by atoms with Crippen LogP contribution in [0.5, 0.6) is 5.75 Å². The largest absolute Gasteiger partial charge is 0.496 e. The van der Waals surface area contributed by atoms with Crippen molar-refractivity contribution < 1.29 is 13.2 Å². The summed E-state index contributed by atoms with van der Waals surface area (Å²) in [5.41, 5.74) is 0.619. The highest BCUT2D eigenvalue weighted by Crippen LogP contribution is 2.37. The Kier molecular flexibility index (Phi) is 5.16. The minimum atomic E-state index is -3.52. The van der Waals surface area contributed by atoms with E-state index in [0.29, 0.717) is 18.0 Å². The van der Waals surface area contributed by atoms with E-state index in [2.05, 4.69) is 28.2 Å². The summed E-state index contributed by atoms with van der Waals surface area (Å²) in [7, 11) is -0.338. The van der Waals surface area contributed by atoms with Gasteiger partial charge in [0.2, 0.25) is 10.0 Å². The fourth-order valence-corrected chi connectivity index (χ4v) is 4.53. The second-order valence-electron chi connectivity index (χ2n) is 5.18. The number of fused-ring (bicyclic) bond motifs is 1. The first-order valence-corrected chi connectivity index (χ1v) is 9.24. The maximum atomic E-state index is 12.8. The van der Waals surface area contributed by atoms with E-state index < -0.39 is 10.0 Å². The first kappa shape index (κ1) is 16.6. The molecule has 1 atom stereocenters. The van der Waals surface area contributed by atoms with Crippen LogP contribution in [0.2, 0.25) is 0 Å². The Hall–Kier alpha value is -0.790. The zero-order valence-electron chi connectivity index (χ0n) is 12.5. The van der Waals surface area contributed by atoms with E-state index in [1.54, 1.807) is 19.2 Å². The molecule has 0 amide bonds. The summed E-state index contributed by atoms with van der Waals surface area (Å²) in [6, 6.07) is 3.30. The SMILES string of the molecule is CCCCC1CNc2cc(Br)c(OC)cc2S(=O)(=O)N1C. The maximum Gasteiger partial charge on any atom is 0.245 e. The fourth-order valence-electron chi connectivity index (χ4n) is 2.47. The summed E-state index contributed by atoms with van der Waals surface area (Å²) in [5.74, 6) is 0.513. The van der Waals surface area contributed by atoms with Gasteiger partial charge in [-0.05, 0) is 28.4 Å². The number of anilines is 1. The first-order valence-electron chi connectivity index (χ1n) is 7.01. The Balaban J connectivity index is 2.46. The quantitative estimate of drug-likeness (QED) is 0.876. The number of nitrogens with one attached hydrogen (secondary N) is 1. The molecule has 1 aromatic rings. The molecule has 1 heterocycles. The molecule has 1 aliphatic rings. The van der Waals surface area contributed by atoms with Gasteiger partial charge in [-0.25, -0.2) is 8.42 Å². The Morgan fingerprint density at radius 3 is 2.81 bits per heavy atom. The van der Waals surface area contributed by atoms with Crippen LogP contribution in [0.1, 0.15) is 26.2 Å². The Morgan fingerprint density at radius 2 is 2.19 bits per heavy atom. The Labute approximate surface area is 134 Å². The highest BCUT2D eigenvalue weighted by atomic mass is 79.9. The molecule has 0 aromatic heterocycles. The van der Waals surface area contributed by atoms with Crippen LogP contribution in [-0.2, 0) is 10.0 Å². The predicted molar refractivity (Wildman–Crippen MR) is 87.4 cm³/mol. The number of methoxy groups -OCH3 is 1. The van der Waals surface area contributed by atoms with Crippen molar-refractivity contribution >= 4 is 31.6 Å². The smallest absolute Gasteiger partial charge is 0.245 e. The maximum absolute atomic E-state index is 12.8. The Morgan fingerprint density at radius 1 is 1.48 bits per heavy atom. The van der Waals surface area contributed by atoms with E-state index in [9.17, 15) is 8.42 Å². The van der Waals surface area contributed by atoms with Crippen molar-refractivity contribution in [2.45, 2.75) is 37.1 Å². The van der Waals surface area contributed by atoms with E-state index in [4.69, 9.17) is 4.74 Å². The molecule has 0 fully saturated rings. The molecule has 118 valence electrons. The van der Waals surface area contributed by atoms with Gasteiger partial charge in [0.1, 0.15) is 10.6 Å². The number of halogens is 1. The van der Waals surface area contributed by atoms with Gasteiger partial charge in [0.25, 0.3) is 0 Å². The summed E-state index contributed by atoms with van der Waals surface area (Å²) in [6.07, 6.45) is 2.91. The molecule has 0 bridgehead atoms. The molecule has 7 heteroatoms. The molecular weight excluding hydrogens is 356 g/mol. The number of rotatable bonds is 4. The predicted octanol–water partition coefficient (Wildman–Crippen LogP) is 3.06. The minimum Gasteiger partial charge on any atom is -0.496 e. The van der Waals surface area contributed by atoms with E-state index in [0.717, 1.165) is 23.7 Å². The highest BCUT2D eigenvalue weighted by Gasteiger charge is 2.33. The molecule has 1 aromatic carbocycles. The molecule has 2 rings (SSSR count). The summed E-state index contributed by atoms with van der Waals surface area (Å²) in [6.45, 7) is 2.72. The number of hydrogen-bond donors (Lipinski definition) is 1. The molecule has 0 saturated heterocycles. The average Bonchev–Trinajstić information content (AvgIpc) is 2.54. The second kappa shape index (κ2) is 6.54. The van der Waals surface area contributed by atoms with E-state index in [1.807, 2.05) is 0 Å². The summed E-state index contributed by atoms with van der Waals surface area (Å²) in [5, 5.41) is 3.26. The van der Waals surface area contributed by atoms with Crippen molar-refractivity contribution in [3.8, 4) is 5.75 Å². The number of ether oxygens (including phenoxy) is 1. The van der Waals surface area contributed by atoms with Gasteiger partial charge in [-0.15, -0.1) is 0 Å². The zero-order valence-corrected chi connectivity index (χ0v) is 14.9. The number of unbranched alkanes of at least 4 members (excludes halogenated alkanes) is 1. The topological polar surface area (TPSA) is 58.6 Å². The lowest BCUT2D eigenvalue weighted by Crippen LogP contribution is -2.39. The lowest BCUT2D eigenvalue weighted by molar-refractivity contribution is 0.357. The van der Waals surface area contributed by atoms with Gasteiger partial charge < -0.3 is 10.1 Å². The third-order valence-electron chi connectivity index (χ3n) is 3.84. The lowest BCUT2D eigenvalue weighted by atomic mass is 10.1. The minimum absolute atomic E-state index is 0.0351. The van der Waals surface area contributed by atoms with Crippen molar-refractivity contribution in [3.63, 3.8) is 0 Å². The number of nitrogens with zero attached hydrogens (tertiary/aromatic N) is 1. The Bertz CT molecular complexity index is 619. The fraction of sp³-hybridized carbons (Fsp3) is 0.571. The van der Waals surface area contributed by atoms with Crippen molar-refractivity contribution in [1.29, 1.82) is 0 Å². The van der Waals surface area contributed by atoms with Gasteiger partial charge in [0.05, 0.1) is 17.3 Å². The van der Waals surface area contributed by atoms with E-state index in [1.165, 1.54) is 11.4 Å². The van der Waals surface area contributed by atoms with Crippen LogP contribution < -0.4 is 10.1 Å². The molecule has 0 radical (unpaired) electrons. The number of likely N-dealkylation sites (N-methyl/N-ethyl adjacent to an activating group) is 1. The van der Waals surface area contributed by atoms with E-state index >= 15 is 0 Å². The van der Waals surface area contributed by atoms with Gasteiger partial charge in [-0.3, -0.25) is 0 Å². The molecule has 1 N–H and O–H groups in total. The summed E-state index contributed by atoms with van der Waals surface area (Å²) >= 11 is 3.40. The van der Waals surface area contributed by atoms with E-state index in [-0.39, 0.29) is 10.9 Å². The lowest BCUT2D eigenvalue weighted by Gasteiger charge is -2.24. The molecule has 21 heavy (non-hydrogen) atoms. The third-order valence-corrected chi connectivity index (χ3v) is 6.41. The van der Waals surface area contributed by atoms with Crippen LogP contribution in [-0.4, -0.2) is 39.5 Å². The van der Waals surface area contributed by atoms with Crippen LogP contribution in [0.4, 0.5) is 5.69 Å². The van der Waals surface area contributed by atoms with Gasteiger partial charge in [0.15, 0.2) is 0 Å². The third kappa shape index (κ3) is 3.19. The van der Waals surface area contributed by atoms with Crippen LogP contribution in [0.25, 0.3) is 0 Å². The second-order valence-corrected chi connectivity index (χ2v) is 8.00. The van der Waals surface area contributed by atoms with Gasteiger partial charge >= 0.3 is 0 Å². The van der Waals surface area contributed by atoms with Crippen molar-refractivity contribution in [1.82, 2.24) is 4.31 Å². The van der Waals surface area contributed by atoms with Crippen molar-refractivity contribution in [3.05, 3.63) is 16.6 Å². The normalized spacial score (nSPS) is 21.2. The van der Waals surface area contributed by atoms with Gasteiger partial charge in [0, 0.05) is 25.7 Å². The molecule has 1 aliphatic heterocycles. The standard InChI is InChI=1S/C14H21BrN2O3S/c1-4-5-6-10-9-16-12-7-11(15)13(20-3)8-14(12)21(18,19)17(10)2/h7-8,10,16H,4-6,9H2,1-3H3. The van der Waals surface area contributed by atoms with Crippen molar-refractivity contribution in [2.75, 3.05) is 26.0 Å². The zero-order chi connectivity index (χ0) is 15.6. The molecule has 1 unspecified atom stereocenters. The van der Waals surface area contributed by atoms with Crippen LogP contribution in [0.15, 0.2) is 21.5 Å². The highest BCUT2D eigenvalue weighted by molar-refractivity contribution is 9.10. The number of hydrogen-bond acceptors (Lipinski definition) is 4. The van der Waals surface area contributed by atoms with Gasteiger partial charge in [-0.1, -0.05) is 19.8 Å². The van der Waals surface area contributed by atoms with Crippen LogP contribution in [0.3, 0.4) is 0 Å². The molecule has 0 spiro atoms. The molecule has 5 nitrogen and oxygen atoms in total. The van der Waals surface area contributed by atoms with Crippen LogP contribution in [0, 0.1) is 0 Å².